The molecule has 15 heteroatoms. The van der Waals surface area contributed by atoms with Crippen LogP contribution in [0.25, 0.3) is 0 Å². The number of hydrogen-bond acceptors (Lipinski definition) is 8. The molecule has 1 atom stereocenters. The van der Waals surface area contributed by atoms with E-state index in [9.17, 15) is 34.6 Å². The highest BCUT2D eigenvalue weighted by Gasteiger charge is 2.70. The second kappa shape index (κ2) is 4.86. The van der Waals surface area contributed by atoms with E-state index in [4.69, 9.17) is 14.2 Å². The second-order valence-corrected chi connectivity index (χ2v) is 8.93. The molecule has 0 aromatic rings. The minimum atomic E-state index is -6.30. The highest BCUT2D eigenvalue weighted by atomic mass is 32.3. The molecule has 12 nitrogen and oxygen atoms in total. The van der Waals surface area contributed by atoms with E-state index in [0.717, 1.165) is 0 Å². The topological polar surface area (TPSA) is 203 Å². The van der Waals surface area contributed by atoms with E-state index in [1.54, 1.807) is 0 Å². The minimum Gasteiger partial charge on any atom is -0.742 e. The molecule has 0 aliphatic rings. The molecule has 0 aliphatic heterocycles. The standard InChI is InChI=1S/C5H11NO11S3/c1-6(2,3-18(9,10)11)5(4(7)8,19(12,13)14)20(15,16)17/h3H2,1-2H3,(H3-,7,8,9,10,11,12,13,14,15,16,17). The van der Waals surface area contributed by atoms with Crippen molar-refractivity contribution in [3.63, 3.8) is 0 Å². The van der Waals surface area contributed by atoms with E-state index >= 15 is 0 Å². The van der Waals surface area contributed by atoms with Gasteiger partial charge in [-0.15, -0.1) is 0 Å². The number of carboxylic acid groups (broad SMARTS) is 1. The molecule has 0 heterocycles. The molecule has 0 saturated heterocycles. The molecule has 0 bridgehead atoms. The number of nitrogens with zero attached hydrogens (tertiary/aromatic N) is 1. The molecule has 120 valence electrons. The van der Waals surface area contributed by atoms with E-state index in [0.29, 0.717) is 14.1 Å². The van der Waals surface area contributed by atoms with Crippen molar-refractivity contribution in [2.75, 3.05) is 20.0 Å². The van der Waals surface area contributed by atoms with Crippen LogP contribution in [-0.2, 0) is 35.1 Å². The number of aliphatic carboxylic acids is 1. The van der Waals surface area contributed by atoms with E-state index < -0.39 is 50.9 Å². The van der Waals surface area contributed by atoms with Crippen LogP contribution in [0.2, 0.25) is 0 Å². The summed E-state index contributed by atoms with van der Waals surface area (Å²) in [5, 5.41) is 8.82. The first-order valence-electron chi connectivity index (χ1n) is 4.34. The molecule has 1 unspecified atom stereocenters. The molecule has 0 spiro atoms. The third-order valence-corrected chi connectivity index (χ3v) is 7.17. The molecular weight excluding hydrogens is 346 g/mol. The summed E-state index contributed by atoms with van der Waals surface area (Å²) in [7, 11) is -16.7. The fourth-order valence-electron chi connectivity index (χ4n) is 1.71. The number of rotatable bonds is 6. The van der Waals surface area contributed by atoms with Crippen LogP contribution in [0.15, 0.2) is 0 Å². The van der Waals surface area contributed by atoms with Gasteiger partial charge in [0.2, 0.25) is 5.88 Å². The zero-order valence-electron chi connectivity index (χ0n) is 9.99. The summed E-state index contributed by atoms with van der Waals surface area (Å²) in [6.45, 7) is 0. The lowest BCUT2D eigenvalue weighted by Gasteiger charge is -2.42. The van der Waals surface area contributed by atoms with Gasteiger partial charge in [0.15, 0.2) is 10.1 Å². The third-order valence-electron chi connectivity index (χ3n) is 2.24. The van der Waals surface area contributed by atoms with Crippen LogP contribution < -0.4 is 0 Å². The van der Waals surface area contributed by atoms with Crippen molar-refractivity contribution in [1.82, 2.24) is 0 Å². The summed E-state index contributed by atoms with van der Waals surface area (Å²) in [5.41, 5.74) is 0. The lowest BCUT2D eigenvalue weighted by atomic mass is 10.5. The lowest BCUT2D eigenvalue weighted by Crippen LogP contribution is -2.72. The maximum atomic E-state index is 11.2. The maximum absolute atomic E-state index is 11.2. The maximum Gasteiger partial charge on any atom is 0.409 e. The van der Waals surface area contributed by atoms with Crippen molar-refractivity contribution in [3.8, 4) is 0 Å². The first-order valence-corrected chi connectivity index (χ1v) is 8.80. The summed E-state index contributed by atoms with van der Waals surface area (Å²) in [4.78, 5) is 11.0. The van der Waals surface area contributed by atoms with Crippen molar-refractivity contribution < 1.29 is 53.3 Å². The summed E-state index contributed by atoms with van der Waals surface area (Å²) in [6.07, 6.45) is 0. The lowest BCUT2D eigenvalue weighted by molar-refractivity contribution is -0.892. The summed E-state index contributed by atoms with van der Waals surface area (Å²) >= 11 is 0. The van der Waals surface area contributed by atoms with E-state index in [-0.39, 0.29) is 0 Å². The van der Waals surface area contributed by atoms with Crippen molar-refractivity contribution in [2.45, 2.75) is 4.20 Å². The predicted molar refractivity (Wildman–Crippen MR) is 60.1 cm³/mol. The number of carboxylic acids is 1. The molecule has 0 aliphatic carbocycles. The Bertz CT molecular complexity index is 680. The van der Waals surface area contributed by atoms with Crippen LogP contribution in [-0.4, -0.2) is 78.6 Å². The Hall–Kier alpha value is -0.840. The number of carbonyl (C=O) groups is 1. The molecule has 0 aromatic carbocycles. The normalized spacial score (nSPS) is 17.4. The zero-order chi connectivity index (χ0) is 16.8. The Morgan fingerprint density at radius 2 is 1.45 bits per heavy atom. The van der Waals surface area contributed by atoms with Gasteiger partial charge in [0.25, 0.3) is 0 Å². The largest absolute Gasteiger partial charge is 0.742 e. The monoisotopic (exact) mass is 357 g/mol. The Labute approximate surface area is 114 Å². The molecule has 20 heavy (non-hydrogen) atoms. The molecule has 0 amide bonds. The summed E-state index contributed by atoms with van der Waals surface area (Å²) in [6, 6.07) is 0. The van der Waals surface area contributed by atoms with Crippen LogP contribution in [0.3, 0.4) is 0 Å². The first kappa shape index (κ1) is 19.2. The average molecular weight is 357 g/mol. The summed E-state index contributed by atoms with van der Waals surface area (Å²) < 4.78 is 88.1. The molecule has 0 radical (unpaired) electrons. The molecule has 0 aromatic heterocycles. The average Bonchev–Trinajstić information content (AvgIpc) is 1.88. The van der Waals surface area contributed by atoms with Crippen LogP contribution in [0.4, 0.5) is 0 Å². The van der Waals surface area contributed by atoms with E-state index in [2.05, 4.69) is 0 Å². The van der Waals surface area contributed by atoms with Gasteiger partial charge >= 0.3 is 30.4 Å². The smallest absolute Gasteiger partial charge is 0.409 e. The molecule has 0 fully saturated rings. The van der Waals surface area contributed by atoms with Gasteiger partial charge in [-0.3, -0.25) is 13.6 Å². The Morgan fingerprint density at radius 3 is 1.60 bits per heavy atom. The third kappa shape index (κ3) is 3.08. The van der Waals surface area contributed by atoms with Gasteiger partial charge in [-0.1, -0.05) is 0 Å². The number of likely N-dealkylation sites (N-methyl/N-ethyl adjacent to an activating group) is 1. The second-order valence-electron chi connectivity index (χ2n) is 4.21. The van der Waals surface area contributed by atoms with Crippen molar-refractivity contribution >= 4 is 36.3 Å². The van der Waals surface area contributed by atoms with E-state index in [1.165, 1.54) is 0 Å². The predicted octanol–water partition coefficient (Wildman–Crippen LogP) is -2.92. The molecule has 3 N–H and O–H groups in total. The Kier molecular flexibility index (Phi) is 4.66. The minimum absolute atomic E-state index is 0.408. The van der Waals surface area contributed by atoms with Crippen molar-refractivity contribution in [2.24, 2.45) is 0 Å². The summed E-state index contributed by atoms with van der Waals surface area (Å²) in [5.74, 6) is -4.59. The van der Waals surface area contributed by atoms with Gasteiger partial charge in [-0.2, -0.15) is 16.8 Å². The molecular formula is C5H11NO11S3. The first-order chi connectivity index (χ1) is 8.40. The van der Waals surface area contributed by atoms with Crippen LogP contribution in [0.5, 0.6) is 0 Å². The fraction of sp³-hybridized carbons (Fsp3) is 0.800. The quantitative estimate of drug-likeness (QED) is 0.324. The molecule has 0 rings (SSSR count). The van der Waals surface area contributed by atoms with Gasteiger partial charge in [-0.05, 0) is 0 Å². The van der Waals surface area contributed by atoms with E-state index in [1.807, 2.05) is 0 Å². The Balaban J connectivity index is 6.86. The van der Waals surface area contributed by atoms with Gasteiger partial charge < -0.3 is 9.66 Å². The highest BCUT2D eigenvalue weighted by Crippen LogP contribution is 2.33. The van der Waals surface area contributed by atoms with Crippen LogP contribution >= 0.6 is 0 Å². The number of quaternary nitrogens is 1. The Morgan fingerprint density at radius 1 is 1.10 bits per heavy atom. The number of hydrogen-bond donors (Lipinski definition) is 3. The molecule has 0 saturated carbocycles. The van der Waals surface area contributed by atoms with Crippen molar-refractivity contribution in [3.05, 3.63) is 0 Å². The van der Waals surface area contributed by atoms with Crippen LogP contribution in [0.1, 0.15) is 0 Å². The van der Waals surface area contributed by atoms with Crippen LogP contribution in [0, 0.1) is 0 Å². The van der Waals surface area contributed by atoms with Gasteiger partial charge in [0.05, 0.1) is 14.1 Å². The zero-order valence-corrected chi connectivity index (χ0v) is 12.4. The SMILES string of the molecule is C[N+](C)(CS(=O)(=O)O)C(C(=O)O)(S(=O)(=O)[O-])S(=O)(=O)O. The van der Waals surface area contributed by atoms with Crippen molar-refractivity contribution in [1.29, 1.82) is 0 Å². The van der Waals surface area contributed by atoms with Gasteiger partial charge in [0, 0.05) is 0 Å². The van der Waals surface area contributed by atoms with Gasteiger partial charge in [-0.25, -0.2) is 13.2 Å². The van der Waals surface area contributed by atoms with Gasteiger partial charge in [0.1, 0.15) is 0 Å². The fourth-order valence-corrected chi connectivity index (χ4v) is 5.71. The highest BCUT2D eigenvalue weighted by molar-refractivity contribution is 8.06.